The summed E-state index contributed by atoms with van der Waals surface area (Å²) in [6, 6.07) is 9.27. The molecule has 0 radical (unpaired) electrons. The van der Waals surface area contributed by atoms with Crippen molar-refractivity contribution in [1.82, 2.24) is 15.1 Å². The van der Waals surface area contributed by atoms with Gasteiger partial charge in [-0.15, -0.1) is 0 Å². The zero-order valence-corrected chi connectivity index (χ0v) is 10.0. The molecule has 4 nitrogen and oxygen atoms in total. The van der Waals surface area contributed by atoms with Crippen molar-refractivity contribution in [2.24, 2.45) is 0 Å². The Hall–Kier alpha value is -2.20. The molecule has 18 heavy (non-hydrogen) atoms. The normalized spacial score (nSPS) is 10.5. The SMILES string of the molecule is Clc1ccc(-c2cc(-c3cncnc3)on2)cc1. The van der Waals surface area contributed by atoms with Crippen LogP contribution in [0.3, 0.4) is 0 Å². The summed E-state index contributed by atoms with van der Waals surface area (Å²) in [4.78, 5) is 7.88. The number of benzene rings is 1. The smallest absolute Gasteiger partial charge is 0.170 e. The van der Waals surface area contributed by atoms with E-state index in [-0.39, 0.29) is 0 Å². The van der Waals surface area contributed by atoms with Gasteiger partial charge in [-0.2, -0.15) is 0 Å². The molecule has 1 aromatic carbocycles. The first-order valence-electron chi connectivity index (χ1n) is 5.31. The first-order chi connectivity index (χ1) is 8.83. The lowest BCUT2D eigenvalue weighted by atomic mass is 10.1. The summed E-state index contributed by atoms with van der Waals surface area (Å²) in [5.74, 6) is 0.639. The molecule has 0 unspecified atom stereocenters. The van der Waals surface area contributed by atoms with E-state index in [9.17, 15) is 0 Å². The fraction of sp³-hybridized carbons (Fsp3) is 0. The van der Waals surface area contributed by atoms with Gasteiger partial charge in [-0.3, -0.25) is 0 Å². The van der Waals surface area contributed by atoms with Gasteiger partial charge < -0.3 is 4.52 Å². The van der Waals surface area contributed by atoms with Crippen molar-refractivity contribution in [3.63, 3.8) is 0 Å². The van der Waals surface area contributed by atoms with Crippen LogP contribution in [0.25, 0.3) is 22.6 Å². The van der Waals surface area contributed by atoms with E-state index in [2.05, 4.69) is 15.1 Å². The van der Waals surface area contributed by atoms with E-state index >= 15 is 0 Å². The highest BCUT2D eigenvalue weighted by Crippen LogP contribution is 2.25. The second kappa shape index (κ2) is 4.58. The molecule has 0 saturated heterocycles. The molecule has 0 saturated carbocycles. The van der Waals surface area contributed by atoms with E-state index in [1.165, 1.54) is 6.33 Å². The van der Waals surface area contributed by atoms with Crippen LogP contribution in [-0.2, 0) is 0 Å². The molecule has 2 heterocycles. The lowest BCUT2D eigenvalue weighted by molar-refractivity contribution is 0.434. The Bertz CT molecular complexity index is 650. The highest BCUT2D eigenvalue weighted by atomic mass is 35.5. The Balaban J connectivity index is 1.97. The monoisotopic (exact) mass is 257 g/mol. The van der Waals surface area contributed by atoms with Gasteiger partial charge in [0.1, 0.15) is 12.0 Å². The van der Waals surface area contributed by atoms with Crippen LogP contribution in [0.1, 0.15) is 0 Å². The van der Waals surface area contributed by atoms with Crippen LogP contribution in [0.2, 0.25) is 5.02 Å². The second-order valence-electron chi connectivity index (χ2n) is 3.71. The Morgan fingerprint density at radius 3 is 2.39 bits per heavy atom. The van der Waals surface area contributed by atoms with Crippen molar-refractivity contribution in [1.29, 1.82) is 0 Å². The van der Waals surface area contributed by atoms with Crippen LogP contribution >= 0.6 is 11.6 Å². The minimum absolute atomic E-state index is 0.639. The van der Waals surface area contributed by atoms with Crippen LogP contribution in [-0.4, -0.2) is 15.1 Å². The molecule has 0 amide bonds. The van der Waals surface area contributed by atoms with E-state index < -0.39 is 0 Å². The van der Waals surface area contributed by atoms with E-state index in [0.29, 0.717) is 10.8 Å². The zero-order valence-electron chi connectivity index (χ0n) is 9.25. The Morgan fingerprint density at radius 2 is 1.67 bits per heavy atom. The lowest BCUT2D eigenvalue weighted by Crippen LogP contribution is -1.78. The van der Waals surface area contributed by atoms with E-state index in [1.807, 2.05) is 30.3 Å². The molecule has 3 aromatic rings. The summed E-state index contributed by atoms with van der Waals surface area (Å²) >= 11 is 5.84. The van der Waals surface area contributed by atoms with Crippen LogP contribution in [0.5, 0.6) is 0 Å². The maximum Gasteiger partial charge on any atom is 0.170 e. The lowest BCUT2D eigenvalue weighted by Gasteiger charge is -1.94. The average molecular weight is 258 g/mol. The van der Waals surface area contributed by atoms with Gasteiger partial charge >= 0.3 is 0 Å². The van der Waals surface area contributed by atoms with Gasteiger partial charge in [0, 0.05) is 29.0 Å². The largest absolute Gasteiger partial charge is 0.356 e. The molecular formula is C13H8ClN3O. The van der Waals surface area contributed by atoms with E-state index in [1.54, 1.807) is 12.4 Å². The number of halogens is 1. The first-order valence-corrected chi connectivity index (χ1v) is 5.69. The summed E-state index contributed by atoms with van der Waals surface area (Å²) in [7, 11) is 0. The molecule has 0 aliphatic rings. The fourth-order valence-corrected chi connectivity index (χ4v) is 1.72. The summed E-state index contributed by atoms with van der Waals surface area (Å²) in [6.45, 7) is 0. The zero-order chi connectivity index (χ0) is 12.4. The maximum absolute atomic E-state index is 5.84. The molecule has 88 valence electrons. The molecule has 2 aromatic heterocycles. The number of aromatic nitrogens is 3. The van der Waals surface area contributed by atoms with Crippen LogP contribution < -0.4 is 0 Å². The summed E-state index contributed by atoms with van der Waals surface area (Å²) < 4.78 is 5.27. The molecular weight excluding hydrogens is 250 g/mol. The maximum atomic E-state index is 5.84. The van der Waals surface area contributed by atoms with Gasteiger partial charge in [0.15, 0.2) is 5.76 Å². The number of hydrogen-bond donors (Lipinski definition) is 0. The first kappa shape index (κ1) is 10.9. The van der Waals surface area contributed by atoms with Crippen molar-refractivity contribution < 1.29 is 4.52 Å². The minimum Gasteiger partial charge on any atom is -0.356 e. The summed E-state index contributed by atoms with van der Waals surface area (Å²) in [6.07, 6.45) is 4.83. The summed E-state index contributed by atoms with van der Waals surface area (Å²) in [5.41, 5.74) is 2.50. The second-order valence-corrected chi connectivity index (χ2v) is 4.15. The number of nitrogens with zero attached hydrogens (tertiary/aromatic N) is 3. The highest BCUT2D eigenvalue weighted by Gasteiger charge is 2.08. The quantitative estimate of drug-likeness (QED) is 0.706. The Labute approximate surface area is 108 Å². The van der Waals surface area contributed by atoms with Gasteiger partial charge in [0.05, 0.1) is 5.56 Å². The topological polar surface area (TPSA) is 51.8 Å². The van der Waals surface area contributed by atoms with E-state index in [0.717, 1.165) is 16.8 Å². The van der Waals surface area contributed by atoms with E-state index in [4.69, 9.17) is 16.1 Å². The Kier molecular flexibility index (Phi) is 2.78. The molecule has 0 fully saturated rings. The number of rotatable bonds is 2. The molecule has 0 aliphatic carbocycles. The molecule has 0 spiro atoms. The van der Waals surface area contributed by atoms with Crippen LogP contribution in [0.15, 0.2) is 53.6 Å². The van der Waals surface area contributed by atoms with Crippen molar-refractivity contribution >= 4 is 11.6 Å². The molecule has 0 bridgehead atoms. The van der Waals surface area contributed by atoms with Gasteiger partial charge in [-0.1, -0.05) is 28.9 Å². The molecule has 3 rings (SSSR count). The third-order valence-corrected chi connectivity index (χ3v) is 2.75. The standard InChI is InChI=1S/C13H8ClN3O/c14-11-3-1-9(2-4-11)12-5-13(18-17-12)10-6-15-8-16-7-10/h1-8H. The highest BCUT2D eigenvalue weighted by molar-refractivity contribution is 6.30. The third-order valence-electron chi connectivity index (χ3n) is 2.50. The molecule has 5 heteroatoms. The predicted molar refractivity (Wildman–Crippen MR) is 68.0 cm³/mol. The molecule has 0 aliphatic heterocycles. The van der Waals surface area contributed by atoms with Crippen molar-refractivity contribution in [3.8, 4) is 22.6 Å². The van der Waals surface area contributed by atoms with Crippen molar-refractivity contribution in [3.05, 3.63) is 54.1 Å². The van der Waals surface area contributed by atoms with Gasteiger partial charge in [0.2, 0.25) is 0 Å². The minimum atomic E-state index is 0.639. The van der Waals surface area contributed by atoms with Crippen molar-refractivity contribution in [2.45, 2.75) is 0 Å². The number of hydrogen-bond acceptors (Lipinski definition) is 4. The average Bonchev–Trinajstić information content (AvgIpc) is 2.90. The van der Waals surface area contributed by atoms with Gasteiger partial charge in [-0.25, -0.2) is 9.97 Å². The summed E-state index contributed by atoms with van der Waals surface area (Å²) in [5, 5.41) is 4.71. The fourth-order valence-electron chi connectivity index (χ4n) is 1.59. The molecule has 0 atom stereocenters. The van der Waals surface area contributed by atoms with Crippen LogP contribution in [0.4, 0.5) is 0 Å². The van der Waals surface area contributed by atoms with Crippen molar-refractivity contribution in [2.75, 3.05) is 0 Å². The molecule has 0 N–H and O–H groups in total. The predicted octanol–water partition coefficient (Wildman–Crippen LogP) is 3.45. The third kappa shape index (κ3) is 2.10. The Morgan fingerprint density at radius 1 is 0.944 bits per heavy atom. The van der Waals surface area contributed by atoms with Gasteiger partial charge in [-0.05, 0) is 12.1 Å². The van der Waals surface area contributed by atoms with Gasteiger partial charge in [0.25, 0.3) is 0 Å². The van der Waals surface area contributed by atoms with Crippen LogP contribution in [0, 0.1) is 0 Å².